The van der Waals surface area contributed by atoms with Crippen LogP contribution in [0.4, 0.5) is 0 Å². The minimum atomic E-state index is 0.608. The molecule has 0 amide bonds. The molecule has 4 rings (SSSR count). The Morgan fingerprint density at radius 2 is 1.96 bits per heavy atom. The highest BCUT2D eigenvalue weighted by molar-refractivity contribution is 5.50. The number of pyridine rings is 1. The quantitative estimate of drug-likeness (QED) is 0.741. The highest BCUT2D eigenvalue weighted by atomic mass is 16.5. The van der Waals surface area contributed by atoms with Crippen molar-refractivity contribution in [2.45, 2.75) is 26.4 Å². The smallest absolute Gasteiger partial charge is 0.178 e. The van der Waals surface area contributed by atoms with Gasteiger partial charge in [0.25, 0.3) is 0 Å². The van der Waals surface area contributed by atoms with Gasteiger partial charge in [-0.05, 0) is 30.2 Å². The van der Waals surface area contributed by atoms with Gasteiger partial charge in [-0.15, -0.1) is 0 Å². The number of fused-ring (bicyclic) bond motifs is 1. The average Bonchev–Trinajstić information content (AvgIpc) is 2.63. The van der Waals surface area contributed by atoms with Crippen LogP contribution in [0, 0.1) is 6.92 Å². The van der Waals surface area contributed by atoms with Crippen molar-refractivity contribution in [3.63, 3.8) is 0 Å². The highest BCUT2D eigenvalue weighted by Crippen LogP contribution is 2.20. The van der Waals surface area contributed by atoms with E-state index in [1.807, 2.05) is 18.3 Å². The Labute approximate surface area is 141 Å². The lowest BCUT2D eigenvalue weighted by Crippen LogP contribution is -2.13. The van der Waals surface area contributed by atoms with Crippen LogP contribution in [0.1, 0.15) is 28.1 Å². The molecule has 4 nitrogen and oxygen atoms in total. The summed E-state index contributed by atoms with van der Waals surface area (Å²) in [5.41, 5.74) is 6.61. The van der Waals surface area contributed by atoms with Gasteiger partial charge in [-0.25, -0.2) is 15.0 Å². The molecule has 3 aromatic rings. The van der Waals surface area contributed by atoms with Crippen molar-refractivity contribution < 1.29 is 4.74 Å². The molecule has 0 unspecified atom stereocenters. The van der Waals surface area contributed by atoms with E-state index in [0.717, 1.165) is 42.1 Å². The van der Waals surface area contributed by atoms with E-state index in [1.54, 1.807) is 0 Å². The lowest BCUT2D eigenvalue weighted by molar-refractivity contribution is 0.109. The summed E-state index contributed by atoms with van der Waals surface area (Å²) in [6, 6.07) is 14.5. The molecule has 0 radical (unpaired) electrons. The fourth-order valence-corrected chi connectivity index (χ4v) is 2.96. The van der Waals surface area contributed by atoms with Crippen LogP contribution in [-0.2, 0) is 24.2 Å². The second-order valence-corrected chi connectivity index (χ2v) is 6.09. The predicted octanol–water partition coefficient (Wildman–Crippen LogP) is 3.51. The standard InChI is InChI=1S/C20H19N3O/c1-14-5-2-3-6-15(14)11-17-7-4-8-19(22-17)20-21-12-16-13-24-10-9-18(16)23-20/h2-8,12H,9-11,13H2,1H3. The first-order valence-electron chi connectivity index (χ1n) is 8.23. The Balaban J connectivity index is 1.64. The van der Waals surface area contributed by atoms with Gasteiger partial charge < -0.3 is 4.74 Å². The second kappa shape index (κ2) is 6.49. The SMILES string of the molecule is Cc1ccccc1Cc1cccc(-c2ncc3c(n2)CCOC3)n1. The Kier molecular flexibility index (Phi) is 4.05. The van der Waals surface area contributed by atoms with E-state index in [4.69, 9.17) is 14.7 Å². The number of benzene rings is 1. The molecule has 0 aliphatic carbocycles. The third-order valence-corrected chi connectivity index (χ3v) is 4.36. The van der Waals surface area contributed by atoms with Crippen LogP contribution >= 0.6 is 0 Å². The van der Waals surface area contributed by atoms with Gasteiger partial charge in [0.15, 0.2) is 5.82 Å². The summed E-state index contributed by atoms with van der Waals surface area (Å²) in [7, 11) is 0. The molecule has 3 heterocycles. The van der Waals surface area contributed by atoms with Gasteiger partial charge in [0.05, 0.1) is 18.9 Å². The number of aryl methyl sites for hydroxylation is 1. The summed E-state index contributed by atoms with van der Waals surface area (Å²) < 4.78 is 5.44. The molecule has 0 fully saturated rings. The minimum Gasteiger partial charge on any atom is -0.376 e. The maximum absolute atomic E-state index is 5.44. The molecular formula is C20H19N3O. The molecule has 1 aliphatic heterocycles. The van der Waals surface area contributed by atoms with E-state index >= 15 is 0 Å². The molecule has 0 bridgehead atoms. The van der Waals surface area contributed by atoms with Crippen LogP contribution in [-0.4, -0.2) is 21.6 Å². The van der Waals surface area contributed by atoms with E-state index < -0.39 is 0 Å². The number of hydrogen-bond acceptors (Lipinski definition) is 4. The van der Waals surface area contributed by atoms with Crippen LogP contribution in [0.25, 0.3) is 11.5 Å². The van der Waals surface area contributed by atoms with Crippen molar-refractivity contribution in [2.24, 2.45) is 0 Å². The number of nitrogens with zero attached hydrogens (tertiary/aromatic N) is 3. The van der Waals surface area contributed by atoms with Gasteiger partial charge in [0, 0.05) is 30.3 Å². The van der Waals surface area contributed by atoms with Gasteiger partial charge in [-0.1, -0.05) is 30.3 Å². The number of aromatic nitrogens is 3. The van der Waals surface area contributed by atoms with Crippen molar-refractivity contribution in [3.05, 3.63) is 76.7 Å². The molecule has 0 N–H and O–H groups in total. The molecule has 4 heteroatoms. The van der Waals surface area contributed by atoms with Crippen molar-refractivity contribution >= 4 is 0 Å². The average molecular weight is 317 g/mol. The Hall–Kier alpha value is -2.59. The lowest BCUT2D eigenvalue weighted by atomic mass is 10.0. The van der Waals surface area contributed by atoms with Gasteiger partial charge >= 0.3 is 0 Å². The Morgan fingerprint density at radius 1 is 1.04 bits per heavy atom. The fourth-order valence-electron chi connectivity index (χ4n) is 2.96. The molecule has 120 valence electrons. The topological polar surface area (TPSA) is 47.9 Å². The molecule has 24 heavy (non-hydrogen) atoms. The molecule has 1 aliphatic rings. The van der Waals surface area contributed by atoms with Crippen LogP contribution in [0.2, 0.25) is 0 Å². The number of hydrogen-bond donors (Lipinski definition) is 0. The lowest BCUT2D eigenvalue weighted by Gasteiger charge is -2.15. The zero-order chi connectivity index (χ0) is 16.4. The number of rotatable bonds is 3. The van der Waals surface area contributed by atoms with E-state index in [-0.39, 0.29) is 0 Å². The molecule has 0 saturated heterocycles. The molecule has 1 aromatic carbocycles. The third kappa shape index (κ3) is 3.05. The van der Waals surface area contributed by atoms with Crippen molar-refractivity contribution in [2.75, 3.05) is 6.61 Å². The minimum absolute atomic E-state index is 0.608. The van der Waals surface area contributed by atoms with Crippen molar-refractivity contribution in [1.29, 1.82) is 0 Å². The third-order valence-electron chi connectivity index (χ3n) is 4.36. The van der Waals surface area contributed by atoms with E-state index in [0.29, 0.717) is 12.4 Å². The van der Waals surface area contributed by atoms with Crippen LogP contribution < -0.4 is 0 Å². The van der Waals surface area contributed by atoms with Gasteiger partial charge in [-0.3, -0.25) is 0 Å². The van der Waals surface area contributed by atoms with Crippen molar-refractivity contribution in [1.82, 2.24) is 15.0 Å². The highest BCUT2D eigenvalue weighted by Gasteiger charge is 2.14. The normalized spacial score (nSPS) is 13.5. The Bertz CT molecular complexity index is 876. The maximum Gasteiger partial charge on any atom is 0.178 e. The van der Waals surface area contributed by atoms with E-state index in [2.05, 4.69) is 42.2 Å². The van der Waals surface area contributed by atoms with Gasteiger partial charge in [-0.2, -0.15) is 0 Å². The van der Waals surface area contributed by atoms with Gasteiger partial charge in [0.2, 0.25) is 0 Å². The first-order valence-corrected chi connectivity index (χ1v) is 8.23. The van der Waals surface area contributed by atoms with Crippen LogP contribution in [0.15, 0.2) is 48.7 Å². The molecule has 0 saturated carbocycles. The maximum atomic E-state index is 5.44. The number of ether oxygens (including phenoxy) is 1. The van der Waals surface area contributed by atoms with E-state index in [1.165, 1.54) is 11.1 Å². The van der Waals surface area contributed by atoms with Gasteiger partial charge in [0.1, 0.15) is 5.69 Å². The van der Waals surface area contributed by atoms with Crippen molar-refractivity contribution in [3.8, 4) is 11.5 Å². The second-order valence-electron chi connectivity index (χ2n) is 6.09. The first-order chi connectivity index (χ1) is 11.8. The summed E-state index contributed by atoms with van der Waals surface area (Å²) in [5, 5.41) is 0. The zero-order valence-corrected chi connectivity index (χ0v) is 13.7. The summed E-state index contributed by atoms with van der Waals surface area (Å²) in [5.74, 6) is 0.697. The summed E-state index contributed by atoms with van der Waals surface area (Å²) in [6.45, 7) is 3.47. The zero-order valence-electron chi connectivity index (χ0n) is 13.7. The summed E-state index contributed by atoms with van der Waals surface area (Å²) >= 11 is 0. The van der Waals surface area contributed by atoms with Crippen LogP contribution in [0.5, 0.6) is 0 Å². The Morgan fingerprint density at radius 3 is 2.88 bits per heavy atom. The summed E-state index contributed by atoms with van der Waals surface area (Å²) in [6.07, 6.45) is 3.53. The predicted molar refractivity (Wildman–Crippen MR) is 92.6 cm³/mol. The monoisotopic (exact) mass is 317 g/mol. The largest absolute Gasteiger partial charge is 0.376 e. The van der Waals surface area contributed by atoms with Crippen LogP contribution in [0.3, 0.4) is 0 Å². The fraction of sp³-hybridized carbons (Fsp3) is 0.250. The van der Waals surface area contributed by atoms with E-state index in [9.17, 15) is 0 Å². The first kappa shape index (κ1) is 15.0. The molecular weight excluding hydrogens is 298 g/mol. The molecule has 2 aromatic heterocycles. The summed E-state index contributed by atoms with van der Waals surface area (Å²) in [4.78, 5) is 13.9. The molecule has 0 spiro atoms. The molecule has 0 atom stereocenters.